The predicted molar refractivity (Wildman–Crippen MR) is 77.7 cm³/mol. The summed E-state index contributed by atoms with van der Waals surface area (Å²) in [6, 6.07) is 1.90. The van der Waals surface area contributed by atoms with Crippen LogP contribution in [0.25, 0.3) is 0 Å². The van der Waals surface area contributed by atoms with Crippen LogP contribution in [-0.4, -0.2) is 37.0 Å². The zero-order valence-corrected chi connectivity index (χ0v) is 13.6. The third kappa shape index (κ3) is 3.26. The molecular formula is C11H10F2INO5S. The van der Waals surface area contributed by atoms with E-state index in [-0.39, 0.29) is 15.8 Å². The predicted octanol–water partition coefficient (Wildman–Crippen LogP) is 2.17. The van der Waals surface area contributed by atoms with Crippen LogP contribution in [-0.2, 0) is 14.9 Å². The van der Waals surface area contributed by atoms with Gasteiger partial charge in [-0.25, -0.2) is 13.6 Å². The molecule has 21 heavy (non-hydrogen) atoms. The molecule has 116 valence electrons. The topological polar surface area (TPSA) is 83.9 Å². The van der Waals surface area contributed by atoms with Crippen LogP contribution in [0.5, 0.6) is 0 Å². The largest absolute Gasteiger partial charge is 0.442 e. The van der Waals surface area contributed by atoms with Gasteiger partial charge in [-0.05, 0) is 41.6 Å². The molecule has 1 N–H and O–H groups in total. The molecule has 0 aliphatic carbocycles. The molecule has 0 aromatic heterocycles. The van der Waals surface area contributed by atoms with Crippen molar-refractivity contribution in [2.75, 3.05) is 11.4 Å². The van der Waals surface area contributed by atoms with Crippen molar-refractivity contribution in [1.82, 2.24) is 0 Å². The van der Waals surface area contributed by atoms with E-state index >= 15 is 0 Å². The average Bonchev–Trinajstić information content (AvgIpc) is 2.75. The molecule has 1 unspecified atom stereocenters. The fraction of sp³-hybridized carbons (Fsp3) is 0.364. The van der Waals surface area contributed by atoms with Crippen LogP contribution in [0.1, 0.15) is 6.92 Å². The van der Waals surface area contributed by atoms with Crippen LogP contribution in [0.15, 0.2) is 12.1 Å². The van der Waals surface area contributed by atoms with E-state index in [2.05, 4.69) is 0 Å². The summed E-state index contributed by atoms with van der Waals surface area (Å²) in [5, 5.41) is -1.34. The molecule has 10 heteroatoms. The number of cyclic esters (lactones) is 1. The summed E-state index contributed by atoms with van der Waals surface area (Å²) in [7, 11) is -4.39. The molecule has 2 rings (SSSR count). The molecule has 1 amide bonds. The number of carbonyl (C=O) groups is 1. The van der Waals surface area contributed by atoms with Gasteiger partial charge < -0.3 is 4.74 Å². The highest BCUT2D eigenvalue weighted by atomic mass is 127. The molecule has 6 nitrogen and oxygen atoms in total. The zero-order valence-electron chi connectivity index (χ0n) is 10.6. The van der Waals surface area contributed by atoms with E-state index < -0.39 is 39.2 Å². The van der Waals surface area contributed by atoms with Gasteiger partial charge in [0.15, 0.2) is 0 Å². The normalized spacial score (nSPS) is 20.5. The number of amides is 1. The van der Waals surface area contributed by atoms with Gasteiger partial charge >= 0.3 is 6.09 Å². The van der Waals surface area contributed by atoms with Crippen LogP contribution in [0.2, 0.25) is 0 Å². The Kier molecular flexibility index (Phi) is 4.40. The van der Waals surface area contributed by atoms with Crippen molar-refractivity contribution in [3.05, 3.63) is 27.3 Å². The molecular weight excluding hydrogens is 423 g/mol. The highest BCUT2D eigenvalue weighted by molar-refractivity contribution is 14.1. The van der Waals surface area contributed by atoms with Crippen molar-refractivity contribution in [3.63, 3.8) is 0 Å². The molecule has 0 spiro atoms. The fourth-order valence-electron chi connectivity index (χ4n) is 1.83. The number of hydrogen-bond donors (Lipinski definition) is 1. The maximum absolute atomic E-state index is 13.5. The van der Waals surface area contributed by atoms with Gasteiger partial charge in [-0.2, -0.15) is 8.42 Å². The van der Waals surface area contributed by atoms with Crippen molar-refractivity contribution < 1.29 is 31.3 Å². The quantitative estimate of drug-likeness (QED) is 0.449. The molecule has 1 aromatic rings. The SMILES string of the molecule is CC([C@H]1CN(c2cc(F)c(I)c(F)c2)C(=O)O1)S(=O)(=O)O. The third-order valence-corrected chi connectivity index (χ3v) is 5.38. The molecule has 0 bridgehead atoms. The molecule has 1 aromatic carbocycles. The summed E-state index contributed by atoms with van der Waals surface area (Å²) in [4.78, 5) is 12.6. The number of nitrogens with zero attached hydrogens (tertiary/aromatic N) is 1. The maximum atomic E-state index is 13.5. The van der Waals surface area contributed by atoms with Gasteiger partial charge in [-0.3, -0.25) is 9.45 Å². The maximum Gasteiger partial charge on any atom is 0.414 e. The van der Waals surface area contributed by atoms with Crippen LogP contribution in [0, 0.1) is 15.2 Å². The Morgan fingerprint density at radius 3 is 2.43 bits per heavy atom. The van der Waals surface area contributed by atoms with E-state index in [9.17, 15) is 22.0 Å². The smallest absolute Gasteiger partial charge is 0.414 e. The first-order valence-electron chi connectivity index (χ1n) is 5.70. The minimum atomic E-state index is -4.39. The number of halogens is 3. The summed E-state index contributed by atoms with van der Waals surface area (Å²) in [6.45, 7) is 0.936. The van der Waals surface area contributed by atoms with Crippen molar-refractivity contribution >= 4 is 44.5 Å². The number of ether oxygens (including phenoxy) is 1. The van der Waals surface area contributed by atoms with E-state index in [1.54, 1.807) is 0 Å². The number of rotatable bonds is 3. The lowest BCUT2D eigenvalue weighted by Gasteiger charge is -2.15. The molecule has 2 atom stereocenters. The molecule has 1 saturated heterocycles. The van der Waals surface area contributed by atoms with Gasteiger partial charge in [-0.1, -0.05) is 0 Å². The minimum absolute atomic E-state index is 0.0829. The van der Waals surface area contributed by atoms with Crippen LogP contribution < -0.4 is 4.90 Å². The lowest BCUT2D eigenvalue weighted by molar-refractivity contribution is 0.139. The van der Waals surface area contributed by atoms with Gasteiger partial charge in [0.1, 0.15) is 23.0 Å². The highest BCUT2D eigenvalue weighted by Gasteiger charge is 2.40. The Balaban J connectivity index is 2.29. The van der Waals surface area contributed by atoms with Crippen molar-refractivity contribution in [2.45, 2.75) is 18.3 Å². The Morgan fingerprint density at radius 1 is 1.43 bits per heavy atom. The van der Waals surface area contributed by atoms with Gasteiger partial charge in [0, 0.05) is 0 Å². The van der Waals surface area contributed by atoms with Crippen LogP contribution in [0.4, 0.5) is 19.3 Å². The van der Waals surface area contributed by atoms with E-state index in [4.69, 9.17) is 9.29 Å². The van der Waals surface area contributed by atoms with E-state index in [1.165, 1.54) is 29.5 Å². The van der Waals surface area contributed by atoms with Crippen molar-refractivity contribution in [3.8, 4) is 0 Å². The molecule has 1 aliphatic rings. The molecule has 1 fully saturated rings. The second-order valence-corrected chi connectivity index (χ2v) is 7.33. The van der Waals surface area contributed by atoms with E-state index in [0.29, 0.717) is 0 Å². The van der Waals surface area contributed by atoms with Gasteiger partial charge in [-0.15, -0.1) is 0 Å². The Labute approximate surface area is 133 Å². The summed E-state index contributed by atoms with van der Waals surface area (Å²) >= 11 is 1.48. The third-order valence-electron chi connectivity index (χ3n) is 3.11. The molecule has 1 aliphatic heterocycles. The molecule has 0 saturated carbocycles. The minimum Gasteiger partial charge on any atom is -0.442 e. The summed E-state index contributed by atoms with van der Waals surface area (Å²) in [5.74, 6) is -1.69. The second-order valence-electron chi connectivity index (χ2n) is 4.48. The lowest BCUT2D eigenvalue weighted by Crippen LogP contribution is -2.34. The van der Waals surface area contributed by atoms with Gasteiger partial charge in [0.25, 0.3) is 10.1 Å². The van der Waals surface area contributed by atoms with Crippen LogP contribution >= 0.6 is 22.6 Å². The van der Waals surface area contributed by atoms with Crippen molar-refractivity contribution in [1.29, 1.82) is 0 Å². The Morgan fingerprint density at radius 2 is 1.95 bits per heavy atom. The van der Waals surface area contributed by atoms with E-state index in [0.717, 1.165) is 17.0 Å². The summed E-state index contributed by atoms with van der Waals surface area (Å²) < 4.78 is 62.7. The Bertz CT molecular complexity index is 673. The molecule has 0 radical (unpaired) electrons. The number of benzene rings is 1. The van der Waals surface area contributed by atoms with Crippen LogP contribution in [0.3, 0.4) is 0 Å². The van der Waals surface area contributed by atoms with Gasteiger partial charge in [0.05, 0.1) is 15.8 Å². The monoisotopic (exact) mass is 433 g/mol. The molecule has 1 heterocycles. The number of anilines is 1. The summed E-state index contributed by atoms with van der Waals surface area (Å²) in [5.41, 5.74) is -0.0829. The first-order valence-corrected chi connectivity index (χ1v) is 8.28. The zero-order chi connectivity index (χ0) is 15.9. The van der Waals surface area contributed by atoms with E-state index in [1.807, 2.05) is 0 Å². The number of hydrogen-bond acceptors (Lipinski definition) is 4. The number of carbonyl (C=O) groups excluding carboxylic acids is 1. The summed E-state index contributed by atoms with van der Waals surface area (Å²) in [6.07, 6.45) is -2.06. The first kappa shape index (κ1) is 16.4. The lowest BCUT2D eigenvalue weighted by atomic mass is 10.2. The van der Waals surface area contributed by atoms with Gasteiger partial charge in [0.2, 0.25) is 0 Å². The second kappa shape index (κ2) is 5.65. The highest BCUT2D eigenvalue weighted by Crippen LogP contribution is 2.28. The van der Waals surface area contributed by atoms with Crippen molar-refractivity contribution in [2.24, 2.45) is 0 Å². The standard InChI is InChI=1S/C11H10F2INO5S/c1-5(21(17,18)19)9-4-15(11(16)20-9)6-2-7(12)10(14)8(13)3-6/h2-3,5,9H,4H2,1H3,(H,17,18,19)/t5?,9-/m1/s1. The average molecular weight is 433 g/mol. The first-order chi connectivity index (χ1) is 9.61. The fourth-order valence-corrected chi connectivity index (χ4v) is 2.67. The Hall–Kier alpha value is -1.01.